The maximum absolute atomic E-state index is 9.24. The van der Waals surface area contributed by atoms with Crippen molar-refractivity contribution < 1.29 is 30.3 Å². The molecule has 6 heteroatoms. The zero-order chi connectivity index (χ0) is 9.35. The average molecular weight is 181 g/mol. The second kappa shape index (κ2) is 3.25. The number of aliphatic hydroxyl groups excluding tert-OH is 4. The van der Waals surface area contributed by atoms with Crippen molar-refractivity contribution in [2.75, 3.05) is 13.2 Å². The molecular formula is C6H12O6. The zero-order valence-electron chi connectivity index (χ0n) is 6.29. The molecule has 1 rings (SSSR count). The summed E-state index contributed by atoms with van der Waals surface area (Å²) in [5.74, 6) is -2.17. The lowest BCUT2D eigenvalue weighted by atomic mass is 10.0. The summed E-state index contributed by atoms with van der Waals surface area (Å²) in [7, 11) is 0. The quantitative estimate of drug-likeness (QED) is 0.272. The topological polar surface area (TPSA) is 110 Å². The first kappa shape index (κ1) is 9.85. The Bertz CT molecular complexity index is 162. The van der Waals surface area contributed by atoms with Crippen LogP contribution in [0.4, 0.5) is 0 Å². The minimum atomic E-state index is -2.17. The lowest BCUT2D eigenvalue weighted by molar-refractivity contribution is -0.331. The third-order valence-corrected chi connectivity index (χ3v) is 1.91. The van der Waals surface area contributed by atoms with Crippen LogP contribution >= 0.6 is 0 Å². The van der Waals surface area contributed by atoms with Crippen LogP contribution in [-0.2, 0) is 4.74 Å². The Kier molecular flexibility index (Phi) is 2.67. The van der Waals surface area contributed by atoms with Gasteiger partial charge in [-0.1, -0.05) is 0 Å². The summed E-state index contributed by atoms with van der Waals surface area (Å²) in [6.07, 6.45) is -4.45. The largest absolute Gasteiger partial charge is 0.391 e. The van der Waals surface area contributed by atoms with E-state index in [0.29, 0.717) is 0 Å². The summed E-state index contributed by atoms with van der Waals surface area (Å²) >= 11 is 0. The molecule has 5 N–H and O–H groups in total. The first-order valence-corrected chi connectivity index (χ1v) is 3.52. The molecule has 0 radical (unpaired) electrons. The number of hydrogen-bond donors (Lipinski definition) is 5. The molecule has 1 aliphatic rings. The third kappa shape index (κ3) is 1.45. The van der Waals surface area contributed by atoms with Crippen molar-refractivity contribution in [2.45, 2.75) is 24.1 Å². The van der Waals surface area contributed by atoms with E-state index in [2.05, 4.69) is 4.74 Å². The highest BCUT2D eigenvalue weighted by Gasteiger charge is 2.47. The fourth-order valence-electron chi connectivity index (χ4n) is 1.03. The molecule has 0 aromatic heterocycles. The highest BCUT2D eigenvalue weighted by atomic mass is 16.7. The zero-order valence-corrected chi connectivity index (χ0v) is 6.29. The highest BCUT2D eigenvalue weighted by molar-refractivity contribution is 4.90. The minimum Gasteiger partial charge on any atom is -0.391 e. The Morgan fingerprint density at radius 1 is 1.33 bits per heavy atom. The number of ether oxygens (including phenoxy) is 1. The summed E-state index contributed by atoms with van der Waals surface area (Å²) < 4.78 is 4.56. The second-order valence-corrected chi connectivity index (χ2v) is 2.82. The van der Waals surface area contributed by atoms with E-state index in [1.54, 1.807) is 0 Å². The summed E-state index contributed by atoms with van der Waals surface area (Å²) in [5.41, 5.74) is 0. The van der Waals surface area contributed by atoms with E-state index < -0.39 is 30.7 Å². The Labute approximate surface area is 68.6 Å². The lowest BCUT2D eigenvalue weighted by Crippen LogP contribution is -2.62. The monoisotopic (exact) mass is 181 g/mol. The predicted molar refractivity (Wildman–Crippen MR) is 36.0 cm³/mol. The summed E-state index contributed by atoms with van der Waals surface area (Å²) in [5, 5.41) is 45.0. The van der Waals surface area contributed by atoms with Crippen molar-refractivity contribution in [3.05, 3.63) is 0 Å². The SMILES string of the molecule is OCC1(O)O[13CH2][C@@H](O)[C@@H](O)[C@@H]1O. The fourth-order valence-corrected chi connectivity index (χ4v) is 1.03. The van der Waals surface area contributed by atoms with Crippen LogP contribution in [0.1, 0.15) is 0 Å². The van der Waals surface area contributed by atoms with Gasteiger partial charge in [-0.2, -0.15) is 0 Å². The van der Waals surface area contributed by atoms with E-state index in [-0.39, 0.29) is 6.61 Å². The molecule has 0 saturated carbocycles. The molecule has 0 bridgehead atoms. The number of rotatable bonds is 1. The molecule has 4 atom stereocenters. The molecule has 1 unspecified atom stereocenters. The molecule has 0 aromatic carbocycles. The molecule has 0 aromatic rings. The van der Waals surface area contributed by atoms with E-state index >= 15 is 0 Å². The first-order valence-electron chi connectivity index (χ1n) is 3.52. The molecule has 12 heavy (non-hydrogen) atoms. The van der Waals surface area contributed by atoms with Gasteiger partial charge in [0.25, 0.3) is 0 Å². The normalized spacial score (nSPS) is 49.2. The number of aliphatic hydroxyl groups is 5. The summed E-state index contributed by atoms with van der Waals surface area (Å²) in [4.78, 5) is 0. The Morgan fingerprint density at radius 2 is 1.92 bits per heavy atom. The van der Waals surface area contributed by atoms with Crippen LogP contribution in [0, 0.1) is 0 Å². The van der Waals surface area contributed by atoms with Crippen LogP contribution in [0.2, 0.25) is 0 Å². The van der Waals surface area contributed by atoms with Gasteiger partial charge in [0.1, 0.15) is 18.3 Å². The molecule has 6 nitrogen and oxygen atoms in total. The molecule has 1 fully saturated rings. The molecule has 1 saturated heterocycles. The Balaban J connectivity index is 2.71. The van der Waals surface area contributed by atoms with Gasteiger partial charge in [-0.25, -0.2) is 0 Å². The molecule has 1 aliphatic heterocycles. The van der Waals surface area contributed by atoms with Crippen LogP contribution in [0.15, 0.2) is 0 Å². The van der Waals surface area contributed by atoms with Crippen LogP contribution in [-0.4, -0.2) is 62.8 Å². The standard InChI is InChI=1S/C6H12O6/c7-2-6(11)5(10)4(9)3(8)1-12-6/h3-5,7-11H,1-2H2/t3-,4-,5+,6?/m1/s1/i1+1. The highest BCUT2D eigenvalue weighted by Crippen LogP contribution is 2.22. The average Bonchev–Trinajstić information content (AvgIpc) is 2.09. The maximum atomic E-state index is 9.24. The van der Waals surface area contributed by atoms with Gasteiger partial charge >= 0.3 is 0 Å². The molecule has 1 heterocycles. The predicted octanol–water partition coefficient (Wildman–Crippen LogP) is -3.22. The minimum absolute atomic E-state index is 0.324. The third-order valence-electron chi connectivity index (χ3n) is 1.91. The van der Waals surface area contributed by atoms with Crippen molar-refractivity contribution in [2.24, 2.45) is 0 Å². The fraction of sp³-hybridized carbons (Fsp3) is 1.00. The Morgan fingerprint density at radius 3 is 2.42 bits per heavy atom. The summed E-state index contributed by atoms with van der Waals surface area (Å²) in [6, 6.07) is 0. The summed E-state index contributed by atoms with van der Waals surface area (Å²) in [6.45, 7) is -1.16. The van der Waals surface area contributed by atoms with Gasteiger partial charge in [0.05, 0.1) is 13.2 Å². The van der Waals surface area contributed by atoms with Crippen LogP contribution in [0.3, 0.4) is 0 Å². The van der Waals surface area contributed by atoms with Crippen molar-refractivity contribution in [1.82, 2.24) is 0 Å². The van der Waals surface area contributed by atoms with Gasteiger partial charge in [0.15, 0.2) is 0 Å². The van der Waals surface area contributed by atoms with Crippen molar-refractivity contribution in [1.29, 1.82) is 0 Å². The van der Waals surface area contributed by atoms with Crippen molar-refractivity contribution in [3.8, 4) is 0 Å². The second-order valence-electron chi connectivity index (χ2n) is 2.82. The first-order chi connectivity index (χ1) is 5.51. The van der Waals surface area contributed by atoms with Crippen LogP contribution in [0.5, 0.6) is 0 Å². The molecule has 72 valence electrons. The van der Waals surface area contributed by atoms with Gasteiger partial charge in [0.2, 0.25) is 5.79 Å². The molecular weight excluding hydrogens is 169 g/mol. The maximum Gasteiger partial charge on any atom is 0.218 e. The van der Waals surface area contributed by atoms with E-state index in [1.807, 2.05) is 0 Å². The number of hydrogen-bond acceptors (Lipinski definition) is 6. The van der Waals surface area contributed by atoms with E-state index in [9.17, 15) is 5.11 Å². The molecule has 0 amide bonds. The van der Waals surface area contributed by atoms with Gasteiger partial charge in [0, 0.05) is 0 Å². The van der Waals surface area contributed by atoms with Gasteiger partial charge in [-0.3, -0.25) is 0 Å². The van der Waals surface area contributed by atoms with E-state index in [0.717, 1.165) is 0 Å². The van der Waals surface area contributed by atoms with Gasteiger partial charge in [-0.05, 0) is 0 Å². The molecule has 0 aliphatic carbocycles. The van der Waals surface area contributed by atoms with E-state index in [4.69, 9.17) is 20.4 Å². The van der Waals surface area contributed by atoms with Crippen LogP contribution < -0.4 is 0 Å². The lowest BCUT2D eigenvalue weighted by Gasteiger charge is -2.40. The van der Waals surface area contributed by atoms with Gasteiger partial charge < -0.3 is 30.3 Å². The Hall–Kier alpha value is -0.240. The smallest absolute Gasteiger partial charge is 0.218 e. The van der Waals surface area contributed by atoms with Gasteiger partial charge in [-0.15, -0.1) is 0 Å². The van der Waals surface area contributed by atoms with Crippen molar-refractivity contribution >= 4 is 0 Å². The molecule has 0 spiro atoms. The van der Waals surface area contributed by atoms with Crippen LogP contribution in [0.25, 0.3) is 0 Å². The van der Waals surface area contributed by atoms with Crippen molar-refractivity contribution in [3.63, 3.8) is 0 Å². The van der Waals surface area contributed by atoms with E-state index in [1.165, 1.54) is 0 Å².